The maximum absolute atomic E-state index is 9.62. The first kappa shape index (κ1) is 30.5. The molecule has 234 valence electrons. The summed E-state index contributed by atoms with van der Waals surface area (Å²) in [6.45, 7) is 3.04. The lowest BCUT2D eigenvalue weighted by atomic mass is 9.67. The predicted octanol–water partition coefficient (Wildman–Crippen LogP) is 9.39. The normalized spacial score (nSPS) is 12.7. The van der Waals surface area contributed by atoms with Crippen molar-refractivity contribution in [3.05, 3.63) is 190 Å². The molecule has 0 fully saturated rings. The molecule has 1 aliphatic rings. The number of fused-ring (bicyclic) bond motifs is 3. The quantitative estimate of drug-likeness (QED) is 0.149. The standard InChI is InChI=1S/C44H40O3/c1-2-26-46-42-23-21-36(30-34(42)28-32-13-5-3-6-14-32)44(40-19-11-9-17-38(40)39-18-10-12-20-41(39)44)37-22-24-43(47-27-25-45)35(31-37)29-33-15-7-4-8-16-33/h3-24,30-31,45H,2,25-29H2,1H3. The third-order valence-corrected chi connectivity index (χ3v) is 9.22. The molecule has 47 heavy (non-hydrogen) atoms. The number of aliphatic hydroxyl groups excluding tert-OH is 1. The summed E-state index contributed by atoms with van der Waals surface area (Å²) >= 11 is 0. The van der Waals surface area contributed by atoms with Gasteiger partial charge in [0, 0.05) is 12.8 Å². The second kappa shape index (κ2) is 13.7. The van der Waals surface area contributed by atoms with Crippen LogP contribution >= 0.6 is 0 Å². The van der Waals surface area contributed by atoms with Gasteiger partial charge in [0.25, 0.3) is 0 Å². The highest BCUT2D eigenvalue weighted by Crippen LogP contribution is 2.56. The van der Waals surface area contributed by atoms with Crippen molar-refractivity contribution in [3.63, 3.8) is 0 Å². The molecule has 0 saturated heterocycles. The van der Waals surface area contributed by atoms with Crippen molar-refractivity contribution in [2.24, 2.45) is 0 Å². The number of aliphatic hydroxyl groups is 1. The molecular formula is C44H40O3. The van der Waals surface area contributed by atoms with Crippen LogP contribution in [0.4, 0.5) is 0 Å². The fraction of sp³-hybridized carbons (Fsp3) is 0.182. The minimum atomic E-state index is -0.567. The van der Waals surface area contributed by atoms with Gasteiger partial charge in [-0.05, 0) is 74.2 Å². The van der Waals surface area contributed by atoms with Crippen LogP contribution in [0.5, 0.6) is 11.5 Å². The van der Waals surface area contributed by atoms with Crippen molar-refractivity contribution in [2.75, 3.05) is 19.8 Å². The average Bonchev–Trinajstić information content (AvgIpc) is 3.42. The Bertz CT molecular complexity index is 1820. The second-order valence-corrected chi connectivity index (χ2v) is 12.2. The van der Waals surface area contributed by atoms with Crippen LogP contribution in [0.3, 0.4) is 0 Å². The van der Waals surface area contributed by atoms with E-state index in [9.17, 15) is 5.11 Å². The van der Waals surface area contributed by atoms with Crippen molar-refractivity contribution in [1.82, 2.24) is 0 Å². The number of ether oxygens (including phenoxy) is 2. The van der Waals surface area contributed by atoms with Gasteiger partial charge in [-0.2, -0.15) is 0 Å². The molecule has 0 spiro atoms. The van der Waals surface area contributed by atoms with Crippen molar-refractivity contribution in [3.8, 4) is 22.6 Å². The Morgan fingerprint density at radius 3 is 1.43 bits per heavy atom. The van der Waals surface area contributed by atoms with Gasteiger partial charge in [0.15, 0.2) is 0 Å². The Labute approximate surface area is 278 Å². The van der Waals surface area contributed by atoms with E-state index in [4.69, 9.17) is 9.47 Å². The molecule has 0 unspecified atom stereocenters. The largest absolute Gasteiger partial charge is 0.493 e. The van der Waals surface area contributed by atoms with E-state index < -0.39 is 5.41 Å². The summed E-state index contributed by atoms with van der Waals surface area (Å²) in [6.07, 6.45) is 2.45. The zero-order valence-electron chi connectivity index (χ0n) is 26.9. The van der Waals surface area contributed by atoms with E-state index in [0.29, 0.717) is 6.61 Å². The SMILES string of the molecule is CCCOc1ccc(C2(c3ccc(OCCO)c(Cc4ccccc4)c3)c3ccccc3-c3ccccc32)cc1Cc1ccccc1. The Balaban J connectivity index is 1.48. The molecule has 0 aromatic heterocycles. The smallest absolute Gasteiger partial charge is 0.122 e. The zero-order chi connectivity index (χ0) is 32.1. The maximum Gasteiger partial charge on any atom is 0.122 e. The van der Waals surface area contributed by atoms with E-state index in [0.717, 1.165) is 36.3 Å². The van der Waals surface area contributed by atoms with Crippen LogP contribution in [0, 0.1) is 0 Å². The van der Waals surface area contributed by atoms with Crippen LogP contribution in [0.25, 0.3) is 11.1 Å². The minimum Gasteiger partial charge on any atom is -0.493 e. The predicted molar refractivity (Wildman–Crippen MR) is 191 cm³/mol. The Kier molecular flexibility index (Phi) is 8.90. The first-order chi connectivity index (χ1) is 23.2. The van der Waals surface area contributed by atoms with Gasteiger partial charge < -0.3 is 14.6 Å². The van der Waals surface area contributed by atoms with Crippen LogP contribution in [-0.4, -0.2) is 24.9 Å². The third kappa shape index (κ3) is 5.84. The van der Waals surface area contributed by atoms with Gasteiger partial charge in [0.2, 0.25) is 0 Å². The second-order valence-electron chi connectivity index (χ2n) is 12.2. The van der Waals surface area contributed by atoms with E-state index >= 15 is 0 Å². The Hall–Kier alpha value is -5.12. The van der Waals surface area contributed by atoms with Gasteiger partial charge in [-0.15, -0.1) is 0 Å². The molecule has 6 aromatic carbocycles. The summed E-state index contributed by atoms with van der Waals surface area (Å²) in [5, 5.41) is 9.62. The molecule has 0 bridgehead atoms. The summed E-state index contributed by atoms with van der Waals surface area (Å²) in [5.74, 6) is 1.74. The molecule has 0 aliphatic heterocycles. The number of hydrogen-bond donors (Lipinski definition) is 1. The van der Waals surface area contributed by atoms with Gasteiger partial charge >= 0.3 is 0 Å². The number of benzene rings is 6. The van der Waals surface area contributed by atoms with Gasteiger partial charge in [0.05, 0.1) is 18.6 Å². The van der Waals surface area contributed by atoms with Crippen LogP contribution in [0.1, 0.15) is 57.9 Å². The van der Waals surface area contributed by atoms with E-state index in [-0.39, 0.29) is 13.2 Å². The molecule has 6 aromatic rings. The molecule has 0 saturated carbocycles. The van der Waals surface area contributed by atoms with E-state index in [1.807, 2.05) is 6.07 Å². The fourth-order valence-electron chi connectivity index (χ4n) is 7.21. The van der Waals surface area contributed by atoms with E-state index in [1.165, 1.54) is 50.1 Å². The van der Waals surface area contributed by atoms with Crippen LogP contribution < -0.4 is 9.47 Å². The van der Waals surface area contributed by atoms with Gasteiger partial charge in [0.1, 0.15) is 18.1 Å². The molecule has 1 aliphatic carbocycles. The van der Waals surface area contributed by atoms with Crippen LogP contribution in [0.15, 0.2) is 146 Å². The maximum atomic E-state index is 9.62. The number of rotatable bonds is 12. The highest BCUT2D eigenvalue weighted by atomic mass is 16.5. The lowest BCUT2D eigenvalue weighted by molar-refractivity contribution is 0.200. The molecule has 0 heterocycles. The lowest BCUT2D eigenvalue weighted by Crippen LogP contribution is -2.29. The topological polar surface area (TPSA) is 38.7 Å². The highest BCUT2D eigenvalue weighted by molar-refractivity contribution is 5.86. The number of hydrogen-bond acceptors (Lipinski definition) is 3. The summed E-state index contributed by atoms with van der Waals surface area (Å²) in [5.41, 5.74) is 11.6. The van der Waals surface area contributed by atoms with Crippen LogP contribution in [-0.2, 0) is 18.3 Å². The molecule has 0 atom stereocenters. The molecule has 0 radical (unpaired) electrons. The van der Waals surface area contributed by atoms with Gasteiger partial charge in [-0.25, -0.2) is 0 Å². The zero-order valence-corrected chi connectivity index (χ0v) is 26.9. The lowest BCUT2D eigenvalue weighted by Gasteiger charge is -2.35. The summed E-state index contributed by atoms with van der Waals surface area (Å²) in [4.78, 5) is 0. The van der Waals surface area contributed by atoms with Gasteiger partial charge in [-0.3, -0.25) is 0 Å². The van der Waals surface area contributed by atoms with E-state index in [2.05, 4.69) is 146 Å². The summed E-state index contributed by atoms with van der Waals surface area (Å²) < 4.78 is 12.5. The van der Waals surface area contributed by atoms with Crippen molar-refractivity contribution >= 4 is 0 Å². The Morgan fingerprint density at radius 1 is 0.511 bits per heavy atom. The molecule has 3 heteroatoms. The third-order valence-electron chi connectivity index (χ3n) is 9.22. The highest BCUT2D eigenvalue weighted by Gasteiger charge is 2.46. The van der Waals surface area contributed by atoms with Gasteiger partial charge in [-0.1, -0.05) is 140 Å². The average molecular weight is 617 g/mol. The van der Waals surface area contributed by atoms with Crippen molar-refractivity contribution < 1.29 is 14.6 Å². The monoisotopic (exact) mass is 616 g/mol. The molecular weight excluding hydrogens is 576 g/mol. The summed E-state index contributed by atoms with van der Waals surface area (Å²) in [7, 11) is 0. The van der Waals surface area contributed by atoms with Crippen molar-refractivity contribution in [2.45, 2.75) is 31.6 Å². The Morgan fingerprint density at radius 2 is 0.957 bits per heavy atom. The molecule has 3 nitrogen and oxygen atoms in total. The first-order valence-corrected chi connectivity index (χ1v) is 16.6. The van der Waals surface area contributed by atoms with Crippen LogP contribution in [0.2, 0.25) is 0 Å². The molecule has 7 rings (SSSR count). The van der Waals surface area contributed by atoms with Crippen molar-refractivity contribution in [1.29, 1.82) is 0 Å². The summed E-state index contributed by atoms with van der Waals surface area (Å²) in [6, 6.07) is 52.3. The first-order valence-electron chi connectivity index (χ1n) is 16.6. The molecule has 0 amide bonds. The molecule has 1 N–H and O–H groups in total. The van der Waals surface area contributed by atoms with E-state index in [1.54, 1.807) is 0 Å². The minimum absolute atomic E-state index is 0.0339. The fourth-order valence-corrected chi connectivity index (χ4v) is 7.21.